The summed E-state index contributed by atoms with van der Waals surface area (Å²) in [6, 6.07) is 5.45. The molecule has 17 heavy (non-hydrogen) atoms. The highest BCUT2D eigenvalue weighted by atomic mass is 32.1. The van der Waals surface area contributed by atoms with Crippen LogP contribution in [0.5, 0.6) is 5.75 Å². The van der Waals surface area contributed by atoms with Crippen molar-refractivity contribution < 1.29 is 5.11 Å². The number of hydrogen-bond acceptors (Lipinski definition) is 3. The SMILES string of the molecule is CCCn1c(-c2cc(C)ccc2O)n[nH]c1=S. The van der Waals surface area contributed by atoms with Gasteiger partial charge in [0.1, 0.15) is 5.75 Å². The lowest BCUT2D eigenvalue weighted by molar-refractivity contribution is 0.476. The molecule has 0 aliphatic carbocycles. The minimum absolute atomic E-state index is 0.224. The van der Waals surface area contributed by atoms with E-state index in [0.29, 0.717) is 16.2 Å². The first-order chi connectivity index (χ1) is 8.13. The molecule has 90 valence electrons. The molecule has 0 saturated carbocycles. The van der Waals surface area contributed by atoms with Gasteiger partial charge in [-0.15, -0.1) is 0 Å². The van der Waals surface area contributed by atoms with Gasteiger partial charge in [0.2, 0.25) is 0 Å². The molecule has 2 aromatic rings. The van der Waals surface area contributed by atoms with Crippen LogP contribution in [-0.4, -0.2) is 19.9 Å². The highest BCUT2D eigenvalue weighted by Gasteiger charge is 2.12. The third-order valence-electron chi connectivity index (χ3n) is 2.60. The summed E-state index contributed by atoms with van der Waals surface area (Å²) in [6.07, 6.45) is 0.966. The first-order valence-electron chi connectivity index (χ1n) is 5.58. The van der Waals surface area contributed by atoms with E-state index in [0.717, 1.165) is 18.5 Å². The van der Waals surface area contributed by atoms with Gasteiger partial charge in [-0.25, -0.2) is 0 Å². The van der Waals surface area contributed by atoms with E-state index in [-0.39, 0.29) is 5.75 Å². The average Bonchev–Trinajstić information content (AvgIpc) is 2.65. The van der Waals surface area contributed by atoms with Gasteiger partial charge in [-0.2, -0.15) is 5.10 Å². The van der Waals surface area contributed by atoms with Crippen molar-refractivity contribution in [2.75, 3.05) is 0 Å². The van der Waals surface area contributed by atoms with Gasteiger partial charge in [0.05, 0.1) is 5.56 Å². The Hall–Kier alpha value is -1.62. The van der Waals surface area contributed by atoms with E-state index in [4.69, 9.17) is 12.2 Å². The summed E-state index contributed by atoms with van der Waals surface area (Å²) in [5.74, 6) is 0.917. The van der Waals surface area contributed by atoms with E-state index < -0.39 is 0 Å². The fourth-order valence-electron chi connectivity index (χ4n) is 1.78. The maximum atomic E-state index is 9.89. The largest absolute Gasteiger partial charge is 0.507 e. The van der Waals surface area contributed by atoms with Crippen molar-refractivity contribution in [3.8, 4) is 17.1 Å². The zero-order valence-corrected chi connectivity index (χ0v) is 10.7. The lowest BCUT2D eigenvalue weighted by atomic mass is 10.1. The minimum atomic E-state index is 0.224. The third kappa shape index (κ3) is 2.24. The molecule has 0 saturated heterocycles. The number of phenols is 1. The molecule has 1 heterocycles. The number of aromatic nitrogens is 3. The number of nitrogens with zero attached hydrogens (tertiary/aromatic N) is 2. The van der Waals surface area contributed by atoms with E-state index in [1.807, 2.05) is 23.6 Å². The van der Waals surface area contributed by atoms with E-state index in [1.54, 1.807) is 6.07 Å². The first kappa shape index (κ1) is 11.9. The number of aryl methyl sites for hydroxylation is 1. The summed E-state index contributed by atoms with van der Waals surface area (Å²) in [5.41, 5.74) is 1.79. The number of nitrogens with one attached hydrogen (secondary N) is 1. The number of aromatic amines is 1. The number of benzene rings is 1. The molecular weight excluding hydrogens is 234 g/mol. The normalized spacial score (nSPS) is 10.7. The molecule has 4 nitrogen and oxygen atoms in total. The Balaban J connectivity index is 2.60. The fourth-order valence-corrected chi connectivity index (χ4v) is 2.01. The molecule has 0 aliphatic rings. The summed E-state index contributed by atoms with van der Waals surface area (Å²) in [4.78, 5) is 0. The summed E-state index contributed by atoms with van der Waals surface area (Å²) < 4.78 is 2.49. The van der Waals surface area contributed by atoms with Crippen LogP contribution in [0.25, 0.3) is 11.4 Å². The van der Waals surface area contributed by atoms with Crippen molar-refractivity contribution in [3.63, 3.8) is 0 Å². The van der Waals surface area contributed by atoms with E-state index >= 15 is 0 Å². The zero-order valence-electron chi connectivity index (χ0n) is 9.90. The van der Waals surface area contributed by atoms with Crippen LogP contribution in [0.3, 0.4) is 0 Å². The van der Waals surface area contributed by atoms with Crippen molar-refractivity contribution in [3.05, 3.63) is 28.5 Å². The van der Waals surface area contributed by atoms with Crippen molar-refractivity contribution in [1.82, 2.24) is 14.8 Å². The second-order valence-electron chi connectivity index (χ2n) is 4.02. The molecular formula is C12H15N3OS. The van der Waals surface area contributed by atoms with Crippen LogP contribution < -0.4 is 0 Å². The molecule has 0 spiro atoms. The average molecular weight is 249 g/mol. The highest BCUT2D eigenvalue weighted by Crippen LogP contribution is 2.28. The zero-order chi connectivity index (χ0) is 12.4. The first-order valence-corrected chi connectivity index (χ1v) is 5.99. The van der Waals surface area contributed by atoms with E-state index in [2.05, 4.69) is 17.1 Å². The van der Waals surface area contributed by atoms with Gasteiger partial charge in [-0.3, -0.25) is 5.10 Å². The van der Waals surface area contributed by atoms with Gasteiger partial charge in [0.25, 0.3) is 0 Å². The topological polar surface area (TPSA) is 53.8 Å². The van der Waals surface area contributed by atoms with Crippen molar-refractivity contribution in [2.24, 2.45) is 0 Å². The lowest BCUT2D eigenvalue weighted by Gasteiger charge is -2.07. The Morgan fingerprint density at radius 2 is 2.24 bits per heavy atom. The Morgan fingerprint density at radius 1 is 1.47 bits per heavy atom. The number of aromatic hydroxyl groups is 1. The summed E-state index contributed by atoms with van der Waals surface area (Å²) >= 11 is 5.18. The summed E-state index contributed by atoms with van der Waals surface area (Å²) in [6.45, 7) is 4.85. The maximum Gasteiger partial charge on any atom is 0.195 e. The third-order valence-corrected chi connectivity index (χ3v) is 2.91. The molecule has 5 heteroatoms. The second kappa shape index (κ2) is 4.71. The van der Waals surface area contributed by atoms with Crippen LogP contribution in [0, 0.1) is 11.7 Å². The van der Waals surface area contributed by atoms with Crippen LogP contribution in [-0.2, 0) is 6.54 Å². The standard InChI is InChI=1S/C12H15N3OS/c1-3-6-15-11(13-14-12(15)17)9-7-8(2)4-5-10(9)16/h4-5,7,16H,3,6H2,1-2H3,(H,14,17). The summed E-state index contributed by atoms with van der Waals surface area (Å²) in [5, 5.41) is 16.9. The van der Waals surface area contributed by atoms with E-state index in [1.165, 1.54) is 0 Å². The van der Waals surface area contributed by atoms with Crippen LogP contribution in [0.2, 0.25) is 0 Å². The van der Waals surface area contributed by atoms with Crippen LogP contribution >= 0.6 is 12.2 Å². The number of phenolic OH excluding ortho intramolecular Hbond substituents is 1. The smallest absolute Gasteiger partial charge is 0.195 e. The Bertz CT molecular complexity index is 586. The predicted molar refractivity (Wildman–Crippen MR) is 69.5 cm³/mol. The minimum Gasteiger partial charge on any atom is -0.507 e. The fraction of sp³-hybridized carbons (Fsp3) is 0.333. The van der Waals surface area contributed by atoms with Gasteiger partial charge in [-0.05, 0) is 37.7 Å². The van der Waals surface area contributed by atoms with Gasteiger partial charge in [0.15, 0.2) is 10.6 Å². The lowest BCUT2D eigenvalue weighted by Crippen LogP contribution is -2.00. The molecule has 0 fully saturated rings. The number of rotatable bonds is 3. The Morgan fingerprint density at radius 3 is 2.94 bits per heavy atom. The van der Waals surface area contributed by atoms with Crippen molar-refractivity contribution in [1.29, 1.82) is 0 Å². The number of hydrogen-bond donors (Lipinski definition) is 2. The quantitative estimate of drug-likeness (QED) is 0.822. The van der Waals surface area contributed by atoms with Crippen molar-refractivity contribution in [2.45, 2.75) is 26.8 Å². The van der Waals surface area contributed by atoms with Gasteiger partial charge >= 0.3 is 0 Å². The Labute approximate surface area is 105 Å². The molecule has 0 aliphatic heterocycles. The molecule has 1 aromatic heterocycles. The monoisotopic (exact) mass is 249 g/mol. The molecule has 0 amide bonds. The van der Waals surface area contributed by atoms with Crippen LogP contribution in [0.1, 0.15) is 18.9 Å². The van der Waals surface area contributed by atoms with Gasteiger partial charge in [-0.1, -0.05) is 18.6 Å². The molecule has 1 aromatic carbocycles. The highest BCUT2D eigenvalue weighted by molar-refractivity contribution is 7.71. The Kier molecular flexibility index (Phi) is 3.28. The van der Waals surface area contributed by atoms with Gasteiger partial charge < -0.3 is 9.67 Å². The predicted octanol–water partition coefficient (Wildman–Crippen LogP) is 3.03. The summed E-state index contributed by atoms with van der Waals surface area (Å²) in [7, 11) is 0. The molecule has 0 atom stereocenters. The van der Waals surface area contributed by atoms with Crippen LogP contribution in [0.15, 0.2) is 18.2 Å². The number of H-pyrrole nitrogens is 1. The maximum absolute atomic E-state index is 9.89. The molecule has 0 bridgehead atoms. The molecule has 0 unspecified atom stereocenters. The van der Waals surface area contributed by atoms with Gasteiger partial charge in [0, 0.05) is 6.54 Å². The second-order valence-corrected chi connectivity index (χ2v) is 4.41. The molecule has 2 rings (SSSR count). The molecule has 2 N–H and O–H groups in total. The van der Waals surface area contributed by atoms with Crippen LogP contribution in [0.4, 0.5) is 0 Å². The van der Waals surface area contributed by atoms with E-state index in [9.17, 15) is 5.11 Å². The molecule has 0 radical (unpaired) electrons. The van der Waals surface area contributed by atoms with Crippen molar-refractivity contribution >= 4 is 12.2 Å².